The number of carboxylic acid groups (broad SMARTS) is 1. The number of benzene rings is 1. The number of thiophene rings is 1. The zero-order valence-corrected chi connectivity index (χ0v) is 12.3. The molecule has 0 aliphatic rings. The Kier molecular flexibility index (Phi) is 4.14. The van der Waals surface area contributed by atoms with Gasteiger partial charge in [-0.05, 0) is 18.2 Å². The van der Waals surface area contributed by atoms with Crippen molar-refractivity contribution < 1.29 is 27.4 Å². The van der Waals surface area contributed by atoms with Gasteiger partial charge in [0, 0.05) is 11.4 Å². The van der Waals surface area contributed by atoms with Crippen LogP contribution in [-0.2, 0) is 10.0 Å². The van der Waals surface area contributed by atoms with Gasteiger partial charge in [0.05, 0.1) is 18.4 Å². The van der Waals surface area contributed by atoms with Crippen LogP contribution in [0.1, 0.15) is 10.4 Å². The molecule has 0 atom stereocenters. The molecule has 0 bridgehead atoms. The number of carboxylic acids is 1. The van der Waals surface area contributed by atoms with Gasteiger partial charge >= 0.3 is 5.97 Å². The molecule has 0 spiro atoms. The minimum Gasteiger partial charge on any atom is -0.497 e. The number of sulfonamides is 1. The molecule has 0 radical (unpaired) electrons. The number of hydrogen-bond donors (Lipinski definition) is 2. The fraction of sp³-hybridized carbons (Fsp3) is 0.0833. The molecule has 0 saturated heterocycles. The van der Waals surface area contributed by atoms with Crippen LogP contribution in [0.4, 0.5) is 10.1 Å². The van der Waals surface area contributed by atoms with Crippen LogP contribution in [0.25, 0.3) is 0 Å². The third-order valence-electron chi connectivity index (χ3n) is 2.51. The summed E-state index contributed by atoms with van der Waals surface area (Å²) in [5.41, 5.74) is -0.425. The smallest absolute Gasteiger partial charge is 0.336 e. The number of carbonyl (C=O) groups is 1. The molecule has 21 heavy (non-hydrogen) atoms. The zero-order chi connectivity index (χ0) is 15.6. The minimum atomic E-state index is -4.06. The highest BCUT2D eigenvalue weighted by Crippen LogP contribution is 2.26. The van der Waals surface area contributed by atoms with Gasteiger partial charge in [-0.1, -0.05) is 0 Å². The molecule has 1 aromatic heterocycles. The van der Waals surface area contributed by atoms with Crippen molar-refractivity contribution in [1.82, 2.24) is 0 Å². The molecule has 2 aromatic rings. The lowest BCUT2D eigenvalue weighted by atomic mass is 10.3. The number of nitrogens with one attached hydrogen (secondary N) is 1. The van der Waals surface area contributed by atoms with Crippen molar-refractivity contribution in [2.75, 3.05) is 11.8 Å². The summed E-state index contributed by atoms with van der Waals surface area (Å²) in [5.74, 6) is -1.72. The largest absolute Gasteiger partial charge is 0.497 e. The molecule has 0 aliphatic carbocycles. The zero-order valence-electron chi connectivity index (χ0n) is 10.7. The van der Waals surface area contributed by atoms with Gasteiger partial charge in [-0.25, -0.2) is 17.6 Å². The molecule has 6 nitrogen and oxygen atoms in total. The number of hydrogen-bond acceptors (Lipinski definition) is 5. The normalized spacial score (nSPS) is 11.1. The number of ether oxygens (including phenoxy) is 1. The quantitative estimate of drug-likeness (QED) is 0.877. The summed E-state index contributed by atoms with van der Waals surface area (Å²) in [5, 5.41) is 9.97. The van der Waals surface area contributed by atoms with E-state index < -0.39 is 21.8 Å². The van der Waals surface area contributed by atoms with Crippen LogP contribution in [0, 0.1) is 5.82 Å². The highest BCUT2D eigenvalue weighted by molar-refractivity contribution is 7.94. The predicted octanol–water partition coefficient (Wildman–Crippen LogP) is 2.39. The van der Waals surface area contributed by atoms with Crippen molar-refractivity contribution in [1.29, 1.82) is 0 Å². The van der Waals surface area contributed by atoms with E-state index in [0.717, 1.165) is 23.5 Å². The summed E-state index contributed by atoms with van der Waals surface area (Å²) >= 11 is 0.735. The highest BCUT2D eigenvalue weighted by Gasteiger charge is 2.20. The maximum Gasteiger partial charge on any atom is 0.336 e. The molecule has 0 fully saturated rings. The van der Waals surface area contributed by atoms with E-state index in [2.05, 4.69) is 4.72 Å². The van der Waals surface area contributed by atoms with E-state index in [1.54, 1.807) is 0 Å². The van der Waals surface area contributed by atoms with Crippen molar-refractivity contribution in [2.45, 2.75) is 4.21 Å². The Morgan fingerprint density at radius 1 is 1.38 bits per heavy atom. The van der Waals surface area contributed by atoms with Gasteiger partial charge in [0.15, 0.2) is 0 Å². The number of halogens is 1. The summed E-state index contributed by atoms with van der Waals surface area (Å²) in [4.78, 5) is 10.8. The van der Waals surface area contributed by atoms with Crippen molar-refractivity contribution in [2.24, 2.45) is 0 Å². The number of rotatable bonds is 5. The number of aromatic carboxylic acids is 1. The SMILES string of the molecule is COc1ccc(F)c(NS(=O)(=O)c2cc(C(=O)O)cs2)c1. The van der Waals surface area contributed by atoms with E-state index in [0.29, 0.717) is 0 Å². The van der Waals surface area contributed by atoms with Gasteiger partial charge in [0.25, 0.3) is 10.0 Å². The van der Waals surface area contributed by atoms with Crippen molar-refractivity contribution >= 4 is 33.0 Å². The minimum absolute atomic E-state index is 0.147. The van der Waals surface area contributed by atoms with Crippen LogP contribution < -0.4 is 9.46 Å². The van der Waals surface area contributed by atoms with Crippen LogP contribution in [-0.4, -0.2) is 26.6 Å². The predicted molar refractivity (Wildman–Crippen MR) is 75.0 cm³/mol. The Balaban J connectivity index is 2.34. The Hall–Kier alpha value is -2.13. The molecular weight excluding hydrogens is 321 g/mol. The topological polar surface area (TPSA) is 92.7 Å². The van der Waals surface area contributed by atoms with Gasteiger partial charge in [-0.15, -0.1) is 11.3 Å². The summed E-state index contributed by atoms with van der Waals surface area (Å²) in [6.45, 7) is 0. The van der Waals surface area contributed by atoms with Crippen molar-refractivity contribution in [3.05, 3.63) is 41.0 Å². The van der Waals surface area contributed by atoms with Gasteiger partial charge in [-0.3, -0.25) is 4.72 Å². The fourth-order valence-corrected chi connectivity index (χ4v) is 3.69. The molecule has 1 heterocycles. The van der Waals surface area contributed by atoms with E-state index in [4.69, 9.17) is 9.84 Å². The summed E-state index contributed by atoms with van der Waals surface area (Å²) < 4.78 is 44.5. The third-order valence-corrected chi connectivity index (χ3v) is 5.31. The number of methoxy groups -OCH3 is 1. The van der Waals surface area contributed by atoms with Gasteiger partial charge in [0.2, 0.25) is 0 Å². The Morgan fingerprint density at radius 3 is 2.67 bits per heavy atom. The van der Waals surface area contributed by atoms with Crippen LogP contribution in [0.5, 0.6) is 5.75 Å². The third kappa shape index (κ3) is 3.31. The maximum absolute atomic E-state index is 13.6. The molecule has 2 N–H and O–H groups in total. The first-order chi connectivity index (χ1) is 9.83. The van der Waals surface area contributed by atoms with Gasteiger partial charge < -0.3 is 9.84 Å². The Bertz CT molecular complexity index is 785. The van der Waals surface area contributed by atoms with Crippen LogP contribution >= 0.6 is 11.3 Å². The van der Waals surface area contributed by atoms with E-state index in [-0.39, 0.29) is 21.2 Å². The molecule has 9 heteroatoms. The number of anilines is 1. The molecular formula is C12H10FNO5S2. The average molecular weight is 331 g/mol. The second-order valence-corrected chi connectivity index (χ2v) is 6.73. The van der Waals surface area contributed by atoms with E-state index in [1.807, 2.05) is 0 Å². The molecule has 0 unspecified atom stereocenters. The molecule has 2 rings (SSSR count). The lowest BCUT2D eigenvalue weighted by Gasteiger charge is -2.08. The summed E-state index contributed by atoms with van der Waals surface area (Å²) in [6.07, 6.45) is 0. The summed E-state index contributed by atoms with van der Waals surface area (Å²) in [6, 6.07) is 4.61. The lowest BCUT2D eigenvalue weighted by Crippen LogP contribution is -2.12. The first kappa shape index (κ1) is 15.3. The van der Waals surface area contributed by atoms with Crippen molar-refractivity contribution in [3.8, 4) is 5.75 Å². The standard InChI is InChI=1S/C12H10FNO5S2/c1-19-8-2-3-9(13)10(5-8)14-21(17,18)11-4-7(6-20-11)12(15)16/h2-6,14H,1H3,(H,15,16). The molecule has 1 aromatic carbocycles. The van der Waals surface area contributed by atoms with Crippen LogP contribution in [0.3, 0.4) is 0 Å². The monoisotopic (exact) mass is 331 g/mol. The van der Waals surface area contributed by atoms with Gasteiger partial charge in [0.1, 0.15) is 15.8 Å². The molecule has 0 saturated carbocycles. The highest BCUT2D eigenvalue weighted by atomic mass is 32.2. The van der Waals surface area contributed by atoms with E-state index in [1.165, 1.54) is 24.6 Å². The first-order valence-corrected chi connectivity index (χ1v) is 7.88. The molecule has 112 valence electrons. The van der Waals surface area contributed by atoms with Gasteiger partial charge in [-0.2, -0.15) is 0 Å². The second kappa shape index (κ2) is 5.70. The lowest BCUT2D eigenvalue weighted by molar-refractivity contribution is 0.0697. The first-order valence-electron chi connectivity index (χ1n) is 5.51. The van der Waals surface area contributed by atoms with E-state index in [9.17, 15) is 17.6 Å². The van der Waals surface area contributed by atoms with Crippen molar-refractivity contribution in [3.63, 3.8) is 0 Å². The summed E-state index contributed by atoms with van der Waals surface area (Å²) in [7, 11) is -2.70. The molecule has 0 aliphatic heterocycles. The van der Waals surface area contributed by atoms with Crippen LogP contribution in [0.2, 0.25) is 0 Å². The second-order valence-electron chi connectivity index (χ2n) is 3.91. The Labute approximate surface area is 123 Å². The van der Waals surface area contributed by atoms with Crippen LogP contribution in [0.15, 0.2) is 33.9 Å². The maximum atomic E-state index is 13.6. The fourth-order valence-electron chi connectivity index (χ4n) is 1.47. The average Bonchev–Trinajstić information content (AvgIpc) is 2.92. The van der Waals surface area contributed by atoms with E-state index >= 15 is 0 Å². The Morgan fingerprint density at radius 2 is 2.10 bits per heavy atom. The molecule has 0 amide bonds.